The lowest BCUT2D eigenvalue weighted by atomic mass is 9.68. The summed E-state index contributed by atoms with van der Waals surface area (Å²) >= 11 is 0. The summed E-state index contributed by atoms with van der Waals surface area (Å²) in [7, 11) is 0. The van der Waals surface area contributed by atoms with Gasteiger partial charge in [0.25, 0.3) is 0 Å². The van der Waals surface area contributed by atoms with E-state index >= 15 is 0 Å². The van der Waals surface area contributed by atoms with Gasteiger partial charge in [0, 0.05) is 27.8 Å². The molecule has 2 heteroatoms. The summed E-state index contributed by atoms with van der Waals surface area (Å²) in [6, 6.07) is 97.7. The first-order valence-corrected chi connectivity index (χ1v) is 28.5. The van der Waals surface area contributed by atoms with Gasteiger partial charge in [-0.3, -0.25) is 0 Å². The van der Waals surface area contributed by atoms with Crippen LogP contribution in [-0.2, 0) is 16.2 Å². The van der Waals surface area contributed by atoms with Gasteiger partial charge in [-0.2, -0.15) is 0 Å². The molecule has 2 nitrogen and oxygen atoms in total. The third-order valence-electron chi connectivity index (χ3n) is 17.6. The summed E-state index contributed by atoms with van der Waals surface area (Å²) in [5.41, 5.74) is 26.9. The summed E-state index contributed by atoms with van der Waals surface area (Å²) in [4.78, 5) is 2.46. The number of benzene rings is 12. The predicted molar refractivity (Wildman–Crippen MR) is 341 cm³/mol. The Hall–Kier alpha value is -9.50. The number of hydrogen-bond acceptors (Lipinski definition) is 2. The molecule has 12 aromatic carbocycles. The van der Waals surface area contributed by atoms with Crippen LogP contribution in [0.15, 0.2) is 265 Å². The van der Waals surface area contributed by atoms with E-state index in [1.165, 1.54) is 99.8 Å². The van der Waals surface area contributed by atoms with Crippen LogP contribution in [0.25, 0.3) is 99.5 Å². The van der Waals surface area contributed by atoms with Crippen molar-refractivity contribution in [3.63, 3.8) is 0 Å². The van der Waals surface area contributed by atoms with Crippen molar-refractivity contribution in [3.8, 4) is 66.8 Å². The molecule has 0 amide bonds. The van der Waals surface area contributed by atoms with E-state index in [2.05, 4.69) is 295 Å². The molecule has 81 heavy (non-hydrogen) atoms. The monoisotopic (exact) mass is 1040 g/mol. The minimum Gasteiger partial charge on any atom is -0.456 e. The molecule has 0 fully saturated rings. The Labute approximate surface area is 475 Å². The van der Waals surface area contributed by atoms with E-state index < -0.39 is 5.41 Å². The van der Waals surface area contributed by atoms with Gasteiger partial charge in [-0.25, -0.2) is 0 Å². The first-order valence-electron chi connectivity index (χ1n) is 28.5. The van der Waals surface area contributed by atoms with Gasteiger partial charge in [-0.15, -0.1) is 0 Å². The molecule has 13 aromatic rings. The Bertz CT molecular complexity index is 4570. The number of furan rings is 1. The fourth-order valence-electron chi connectivity index (χ4n) is 13.4. The van der Waals surface area contributed by atoms with Crippen LogP contribution in [0.1, 0.15) is 74.9 Å². The van der Waals surface area contributed by atoms with Crippen molar-refractivity contribution in [3.05, 3.63) is 294 Å². The van der Waals surface area contributed by atoms with Gasteiger partial charge in [0.2, 0.25) is 0 Å². The van der Waals surface area contributed by atoms with Crippen LogP contribution < -0.4 is 4.90 Å². The molecule has 2 aliphatic carbocycles. The molecular weight excluding hydrogens is 979 g/mol. The maximum atomic E-state index is 6.25. The van der Waals surface area contributed by atoms with Crippen LogP contribution >= 0.6 is 0 Å². The van der Waals surface area contributed by atoms with Crippen LogP contribution in [0, 0.1) is 0 Å². The third kappa shape index (κ3) is 7.83. The van der Waals surface area contributed by atoms with Crippen LogP contribution in [0.2, 0.25) is 0 Å². The van der Waals surface area contributed by atoms with Gasteiger partial charge in [-0.1, -0.05) is 236 Å². The first kappa shape index (κ1) is 48.6. The van der Waals surface area contributed by atoms with E-state index in [9.17, 15) is 0 Å². The van der Waals surface area contributed by atoms with E-state index in [4.69, 9.17) is 4.42 Å². The van der Waals surface area contributed by atoms with Crippen molar-refractivity contribution in [1.29, 1.82) is 0 Å². The molecule has 0 saturated carbocycles. The Kier molecular flexibility index (Phi) is 11.0. The lowest BCUT2D eigenvalue weighted by Gasteiger charge is -2.34. The van der Waals surface area contributed by atoms with Gasteiger partial charge in [0.05, 0.1) is 5.41 Å². The van der Waals surface area contributed by atoms with Gasteiger partial charge in [0.15, 0.2) is 0 Å². The fraction of sp³-hybridized carbons (Fsp3) is 0.114. The highest BCUT2D eigenvalue weighted by atomic mass is 16.3. The highest BCUT2D eigenvalue weighted by Crippen LogP contribution is 2.65. The van der Waals surface area contributed by atoms with Crippen LogP contribution in [0.4, 0.5) is 17.1 Å². The zero-order chi connectivity index (χ0) is 54.8. The fourth-order valence-corrected chi connectivity index (χ4v) is 13.4. The highest BCUT2D eigenvalue weighted by Gasteiger charge is 2.53. The molecule has 0 atom stereocenters. The lowest BCUT2D eigenvalue weighted by molar-refractivity contribution is 0.586. The predicted octanol–water partition coefficient (Wildman–Crippen LogP) is 21.8. The number of para-hydroxylation sites is 1. The molecule has 0 unspecified atom stereocenters. The molecule has 388 valence electrons. The highest BCUT2D eigenvalue weighted by molar-refractivity contribution is 6.06. The second-order valence-corrected chi connectivity index (χ2v) is 24.5. The van der Waals surface area contributed by atoms with Crippen molar-refractivity contribution < 1.29 is 4.42 Å². The number of fused-ring (bicyclic) bond motifs is 14. The maximum absolute atomic E-state index is 6.25. The Balaban J connectivity index is 0.947. The van der Waals surface area contributed by atoms with Crippen molar-refractivity contribution in [2.45, 2.75) is 57.8 Å². The molecule has 0 radical (unpaired) electrons. The average molecular weight is 1040 g/mol. The van der Waals surface area contributed by atoms with Crippen molar-refractivity contribution in [1.82, 2.24) is 0 Å². The Morgan fingerprint density at radius 2 is 0.728 bits per heavy atom. The zero-order valence-corrected chi connectivity index (χ0v) is 46.7. The molecule has 1 aromatic heterocycles. The van der Waals surface area contributed by atoms with E-state index in [0.717, 1.165) is 50.1 Å². The summed E-state index contributed by atoms with van der Waals surface area (Å²) in [6.45, 7) is 14.1. The third-order valence-corrected chi connectivity index (χ3v) is 17.6. The van der Waals surface area contributed by atoms with Crippen molar-refractivity contribution in [2.24, 2.45) is 0 Å². The SMILES string of the molecule is CC(C)(C)c1ccc2c(c1)C1(c3cc(-c4cccc(-c5cccc6ccccc56)c4)ccc3-c3ccc(N(c4ccc(-c5ccccc5)cc4)c4ccc(-c5ccc6oc7ccccc7c6c5)cc4)cc31)c1cc(C(C)(C)C)ccc1-2. The topological polar surface area (TPSA) is 16.4 Å². The minimum absolute atomic E-state index is 0.0789. The van der Waals surface area contributed by atoms with E-state index in [1.807, 2.05) is 12.1 Å². The molecule has 0 N–H and O–H groups in total. The molecule has 15 rings (SSSR count). The van der Waals surface area contributed by atoms with Crippen molar-refractivity contribution >= 4 is 49.8 Å². The second-order valence-electron chi connectivity index (χ2n) is 24.5. The summed E-state index contributed by atoms with van der Waals surface area (Å²) < 4.78 is 6.25. The average Bonchev–Trinajstić information content (AvgIpc) is 1.71. The molecule has 1 heterocycles. The van der Waals surface area contributed by atoms with Gasteiger partial charge in [0.1, 0.15) is 11.2 Å². The maximum Gasteiger partial charge on any atom is 0.135 e. The Morgan fingerprint density at radius 1 is 0.284 bits per heavy atom. The van der Waals surface area contributed by atoms with Gasteiger partial charge in [-0.05, 0) is 188 Å². The molecule has 2 aliphatic rings. The minimum atomic E-state index is -0.639. The number of anilines is 3. The van der Waals surface area contributed by atoms with Crippen molar-refractivity contribution in [2.75, 3.05) is 4.90 Å². The summed E-state index contributed by atoms with van der Waals surface area (Å²) in [5, 5.41) is 4.77. The lowest BCUT2D eigenvalue weighted by Crippen LogP contribution is -2.27. The number of nitrogens with zero attached hydrogens (tertiary/aromatic N) is 1. The largest absolute Gasteiger partial charge is 0.456 e. The normalized spacial score (nSPS) is 13.2. The molecule has 1 spiro atoms. The van der Waals surface area contributed by atoms with Crippen LogP contribution in [0.5, 0.6) is 0 Å². The van der Waals surface area contributed by atoms with Gasteiger partial charge >= 0.3 is 0 Å². The molecule has 0 aliphatic heterocycles. The summed E-state index contributed by atoms with van der Waals surface area (Å²) in [6.07, 6.45) is 0. The zero-order valence-electron chi connectivity index (χ0n) is 46.7. The smallest absolute Gasteiger partial charge is 0.135 e. The van der Waals surface area contributed by atoms with Gasteiger partial charge < -0.3 is 9.32 Å². The standard InChI is InChI=1S/C79H61NO/c1-77(2,3)58-32-40-66-67-41-33-59(78(4,5)6)48-73(67)79(72(66)47-58)71-46-56(54-20-14-21-57(44-54)64-24-15-19-53-18-10-11-22-63(53)64)30-39-65(71)68-42-38-62(49-74(68)79)80(60-34-26-51(27-35-60)50-16-8-7-9-17-50)61-36-28-52(29-37-61)55-31-43-76-70(45-55)69-23-12-13-25-75(69)81-76/h7-49H,1-6H3. The van der Waals surface area contributed by atoms with E-state index in [-0.39, 0.29) is 10.8 Å². The van der Waals surface area contributed by atoms with E-state index in [1.54, 1.807) is 0 Å². The molecular formula is C79H61NO. The first-order chi connectivity index (χ1) is 39.4. The molecule has 0 saturated heterocycles. The van der Waals surface area contributed by atoms with Crippen LogP contribution in [-0.4, -0.2) is 0 Å². The summed E-state index contributed by atoms with van der Waals surface area (Å²) in [5.74, 6) is 0. The Morgan fingerprint density at radius 3 is 1.41 bits per heavy atom. The quantitative estimate of drug-likeness (QED) is 0.158. The number of hydrogen-bond donors (Lipinski definition) is 0. The second kappa shape index (κ2) is 18.3. The number of rotatable bonds is 7. The van der Waals surface area contributed by atoms with E-state index in [0.29, 0.717) is 0 Å². The molecule has 0 bridgehead atoms. The van der Waals surface area contributed by atoms with Crippen LogP contribution in [0.3, 0.4) is 0 Å².